The molecule has 0 spiro atoms. The number of amides is 3. The molecule has 0 aliphatic heterocycles. The Morgan fingerprint density at radius 1 is 0.786 bits per heavy atom. The van der Waals surface area contributed by atoms with Gasteiger partial charge in [0.1, 0.15) is 17.2 Å². The number of benzene rings is 4. The van der Waals surface area contributed by atoms with Crippen LogP contribution in [0.3, 0.4) is 0 Å². The molecule has 0 fully saturated rings. The van der Waals surface area contributed by atoms with Crippen LogP contribution in [0.25, 0.3) is 6.08 Å². The van der Waals surface area contributed by atoms with Gasteiger partial charge in [0.2, 0.25) is 5.91 Å². The van der Waals surface area contributed by atoms with Crippen molar-refractivity contribution in [1.82, 2.24) is 5.32 Å². The van der Waals surface area contributed by atoms with Gasteiger partial charge in [0.25, 0.3) is 11.8 Å². The first-order valence-electron chi connectivity index (χ1n) is 13.1. The Bertz CT molecular complexity index is 1560. The fourth-order valence-corrected chi connectivity index (χ4v) is 4.74. The summed E-state index contributed by atoms with van der Waals surface area (Å²) in [6.45, 7) is 1.80. The van der Waals surface area contributed by atoms with Gasteiger partial charge in [-0.2, -0.15) is 0 Å². The Morgan fingerprint density at radius 2 is 1.45 bits per heavy atom. The van der Waals surface area contributed by atoms with Crippen molar-refractivity contribution < 1.29 is 23.9 Å². The predicted octanol–water partition coefficient (Wildman–Crippen LogP) is 6.23. The van der Waals surface area contributed by atoms with Crippen LogP contribution in [0.5, 0.6) is 11.5 Å². The first-order chi connectivity index (χ1) is 20.4. The molecule has 0 aliphatic rings. The van der Waals surface area contributed by atoms with Gasteiger partial charge in [-0.25, -0.2) is 0 Å². The second-order valence-corrected chi connectivity index (χ2v) is 10.5. The highest BCUT2D eigenvalue weighted by Crippen LogP contribution is 2.31. The monoisotopic (exact) mass is 581 g/mol. The van der Waals surface area contributed by atoms with Gasteiger partial charge in [-0.3, -0.25) is 14.4 Å². The molecule has 3 amide bonds. The van der Waals surface area contributed by atoms with Gasteiger partial charge < -0.3 is 25.4 Å². The fraction of sp³-hybridized carbons (Fsp3) is 0.121. The summed E-state index contributed by atoms with van der Waals surface area (Å²) in [5.74, 6) is 0.0725. The number of ether oxygens (including phenoxy) is 2. The first-order valence-corrected chi connectivity index (χ1v) is 14.0. The van der Waals surface area contributed by atoms with Crippen LogP contribution in [0.15, 0.2) is 114 Å². The lowest BCUT2D eigenvalue weighted by Gasteiger charge is -2.15. The van der Waals surface area contributed by atoms with Crippen LogP contribution in [0.1, 0.15) is 22.8 Å². The number of hydrogen-bond donors (Lipinski definition) is 3. The molecular weight excluding hydrogens is 550 g/mol. The molecule has 1 unspecified atom stereocenters. The zero-order valence-electron chi connectivity index (χ0n) is 23.4. The Kier molecular flexibility index (Phi) is 10.4. The molecule has 0 saturated carbocycles. The van der Waals surface area contributed by atoms with E-state index in [1.165, 1.54) is 18.9 Å². The lowest BCUT2D eigenvalue weighted by molar-refractivity contribution is -0.115. The number of methoxy groups -OCH3 is 2. The van der Waals surface area contributed by atoms with Gasteiger partial charge in [0.15, 0.2) is 0 Å². The van der Waals surface area contributed by atoms with Crippen molar-refractivity contribution >= 4 is 46.9 Å². The van der Waals surface area contributed by atoms with Crippen molar-refractivity contribution in [3.63, 3.8) is 0 Å². The van der Waals surface area contributed by atoms with Crippen molar-refractivity contribution in [1.29, 1.82) is 0 Å². The third-order valence-corrected chi connectivity index (χ3v) is 7.21. The van der Waals surface area contributed by atoms with Crippen LogP contribution in [0.4, 0.5) is 11.4 Å². The number of carbonyl (C=O) groups excluding carboxylic acids is 3. The van der Waals surface area contributed by atoms with Crippen molar-refractivity contribution in [3.05, 3.63) is 120 Å². The molecule has 4 rings (SSSR count). The van der Waals surface area contributed by atoms with E-state index in [0.717, 1.165) is 10.5 Å². The normalized spacial score (nSPS) is 11.6. The van der Waals surface area contributed by atoms with E-state index in [4.69, 9.17) is 9.47 Å². The summed E-state index contributed by atoms with van der Waals surface area (Å²) in [5.41, 5.74) is 2.36. The summed E-state index contributed by atoms with van der Waals surface area (Å²) in [6, 6.07) is 30.3. The largest absolute Gasteiger partial charge is 0.497 e. The van der Waals surface area contributed by atoms with Crippen molar-refractivity contribution in [2.45, 2.75) is 17.1 Å². The lowest BCUT2D eigenvalue weighted by atomic mass is 10.1. The molecule has 0 aliphatic carbocycles. The molecular formula is C33H31N3O5S. The van der Waals surface area contributed by atoms with Crippen molar-refractivity contribution in [2.75, 3.05) is 24.9 Å². The topological polar surface area (TPSA) is 106 Å². The molecule has 4 aromatic carbocycles. The highest BCUT2D eigenvalue weighted by atomic mass is 32.2. The van der Waals surface area contributed by atoms with Gasteiger partial charge in [0.05, 0.1) is 25.2 Å². The van der Waals surface area contributed by atoms with E-state index in [0.29, 0.717) is 28.4 Å². The second-order valence-electron chi connectivity index (χ2n) is 9.08. The van der Waals surface area contributed by atoms with E-state index in [1.807, 2.05) is 48.5 Å². The summed E-state index contributed by atoms with van der Waals surface area (Å²) >= 11 is 1.37. The molecule has 0 heterocycles. The third-order valence-electron chi connectivity index (χ3n) is 6.10. The molecule has 42 heavy (non-hydrogen) atoms. The maximum atomic E-state index is 13.2. The van der Waals surface area contributed by atoms with Gasteiger partial charge in [-0.05, 0) is 67.1 Å². The molecule has 0 bridgehead atoms. The Morgan fingerprint density at radius 3 is 2.10 bits per heavy atom. The quantitative estimate of drug-likeness (QED) is 0.143. The van der Waals surface area contributed by atoms with Gasteiger partial charge in [0, 0.05) is 22.2 Å². The van der Waals surface area contributed by atoms with Crippen LogP contribution >= 0.6 is 11.8 Å². The van der Waals surface area contributed by atoms with Crippen LogP contribution < -0.4 is 25.4 Å². The summed E-state index contributed by atoms with van der Waals surface area (Å²) in [7, 11) is 3.09. The molecule has 214 valence electrons. The smallest absolute Gasteiger partial charge is 0.272 e. The molecule has 8 nitrogen and oxygen atoms in total. The molecule has 3 N–H and O–H groups in total. The molecule has 0 aromatic heterocycles. The maximum Gasteiger partial charge on any atom is 0.272 e. The zero-order chi connectivity index (χ0) is 29.9. The van der Waals surface area contributed by atoms with Crippen LogP contribution in [-0.4, -0.2) is 37.2 Å². The zero-order valence-corrected chi connectivity index (χ0v) is 24.2. The second kappa shape index (κ2) is 14.6. The van der Waals surface area contributed by atoms with E-state index >= 15 is 0 Å². The summed E-state index contributed by atoms with van der Waals surface area (Å²) in [5, 5.41) is 8.04. The Hall–Kier alpha value is -5.02. The van der Waals surface area contributed by atoms with Gasteiger partial charge in [-0.15, -0.1) is 11.8 Å². The molecule has 0 saturated heterocycles. The van der Waals surface area contributed by atoms with Gasteiger partial charge >= 0.3 is 0 Å². The summed E-state index contributed by atoms with van der Waals surface area (Å²) in [4.78, 5) is 39.8. The minimum absolute atomic E-state index is 0.103. The highest BCUT2D eigenvalue weighted by molar-refractivity contribution is 8.00. The number of carbonyl (C=O) groups is 3. The lowest BCUT2D eigenvalue weighted by Crippen LogP contribution is -2.30. The van der Waals surface area contributed by atoms with E-state index in [-0.39, 0.29) is 11.6 Å². The number of rotatable bonds is 11. The average molecular weight is 582 g/mol. The number of hydrogen-bond acceptors (Lipinski definition) is 6. The minimum Gasteiger partial charge on any atom is -0.497 e. The van der Waals surface area contributed by atoms with Crippen LogP contribution in [-0.2, 0) is 9.59 Å². The molecule has 4 aromatic rings. The fourth-order valence-electron chi connectivity index (χ4n) is 3.88. The van der Waals surface area contributed by atoms with E-state index < -0.39 is 17.1 Å². The number of nitrogens with one attached hydrogen (secondary N) is 3. The van der Waals surface area contributed by atoms with E-state index in [1.54, 1.807) is 74.7 Å². The average Bonchev–Trinajstić information content (AvgIpc) is 3.02. The number of anilines is 2. The van der Waals surface area contributed by atoms with Crippen molar-refractivity contribution in [3.8, 4) is 11.5 Å². The van der Waals surface area contributed by atoms with Gasteiger partial charge in [-0.1, -0.05) is 48.5 Å². The van der Waals surface area contributed by atoms with E-state index in [2.05, 4.69) is 16.0 Å². The first kappa shape index (κ1) is 30.0. The van der Waals surface area contributed by atoms with Crippen LogP contribution in [0.2, 0.25) is 0 Å². The third kappa shape index (κ3) is 8.25. The summed E-state index contributed by atoms with van der Waals surface area (Å²) < 4.78 is 10.6. The number of thioether (sulfide) groups is 1. The standard InChI is InChI=1S/C33H31N3O5S/c1-22(31(37)35-28-21-26(40-2)16-19-30(28)41-3)42-27-17-14-25(15-18-27)34-33(39)29(20-23-10-6-4-7-11-23)36-32(38)24-12-8-5-9-13-24/h4-22H,1-3H3,(H,34,39)(H,35,37)(H,36,38)/b29-20-. The summed E-state index contributed by atoms with van der Waals surface area (Å²) in [6.07, 6.45) is 1.62. The maximum absolute atomic E-state index is 13.2. The predicted molar refractivity (Wildman–Crippen MR) is 167 cm³/mol. The molecule has 9 heteroatoms. The van der Waals surface area contributed by atoms with E-state index in [9.17, 15) is 14.4 Å². The highest BCUT2D eigenvalue weighted by Gasteiger charge is 2.18. The molecule has 0 radical (unpaired) electrons. The van der Waals surface area contributed by atoms with Crippen molar-refractivity contribution in [2.24, 2.45) is 0 Å². The molecule has 1 atom stereocenters. The minimum atomic E-state index is -0.469. The Balaban J connectivity index is 1.41. The Labute approximate surface area is 249 Å². The SMILES string of the molecule is COc1ccc(OC)c(NC(=O)C(C)Sc2ccc(NC(=O)/C(=C/c3ccccc3)NC(=O)c3ccccc3)cc2)c1. The van der Waals surface area contributed by atoms with Crippen LogP contribution in [0, 0.1) is 0 Å².